The van der Waals surface area contributed by atoms with Gasteiger partial charge < -0.3 is 24.5 Å². The zero-order chi connectivity index (χ0) is 21.1. The summed E-state index contributed by atoms with van der Waals surface area (Å²) in [7, 11) is 0. The van der Waals surface area contributed by atoms with E-state index in [1.807, 2.05) is 24.3 Å². The fourth-order valence-corrected chi connectivity index (χ4v) is 3.30. The smallest absolute Gasteiger partial charge is 0.323 e. The molecule has 2 aromatic carbocycles. The van der Waals surface area contributed by atoms with Gasteiger partial charge in [-0.15, -0.1) is 0 Å². The first-order valence-corrected chi connectivity index (χ1v) is 9.13. The van der Waals surface area contributed by atoms with Crippen molar-refractivity contribution in [2.45, 2.75) is 13.1 Å². The highest BCUT2D eigenvalue weighted by atomic mass is 16.7. The molecule has 4 rings (SSSR count). The van der Waals surface area contributed by atoms with Gasteiger partial charge in [0.05, 0.1) is 0 Å². The molecule has 2 heterocycles. The van der Waals surface area contributed by atoms with Crippen LogP contribution in [-0.4, -0.2) is 28.3 Å². The molecule has 0 saturated heterocycles. The molecule has 30 heavy (non-hydrogen) atoms. The van der Waals surface area contributed by atoms with E-state index in [9.17, 15) is 14.9 Å². The molecule has 2 N–H and O–H groups in total. The summed E-state index contributed by atoms with van der Waals surface area (Å²) < 4.78 is 12.2. The maximum atomic E-state index is 12.5. The lowest BCUT2D eigenvalue weighted by atomic mass is 10.1. The van der Waals surface area contributed by atoms with Crippen LogP contribution in [-0.2, 0) is 22.7 Å². The molecule has 0 spiro atoms. The molecule has 1 aliphatic rings. The molecule has 3 aromatic rings. The molecule has 0 bridgehead atoms. The predicted molar refractivity (Wildman–Crippen MR) is 108 cm³/mol. The standard InChI is InChI=1S/C22H17N3O5/c23-9-15(22(28)24-10-14-5-6-19-20(7-14)30-13-29-19)8-16-11-25(12-21(26)27)18-4-2-1-3-17(16)18/h1-8,11H,10,12-13H2,(H,24,28)(H,26,27)/b15-8+. The molecular formula is C22H17N3O5. The summed E-state index contributed by atoms with van der Waals surface area (Å²) in [5.74, 6) is -0.233. The van der Waals surface area contributed by atoms with Gasteiger partial charge in [-0.25, -0.2) is 0 Å². The van der Waals surface area contributed by atoms with E-state index >= 15 is 0 Å². The minimum atomic E-state index is -0.978. The largest absolute Gasteiger partial charge is 0.480 e. The van der Waals surface area contributed by atoms with Crippen LogP contribution in [0.25, 0.3) is 17.0 Å². The number of benzene rings is 2. The Bertz CT molecular complexity index is 1220. The van der Waals surface area contributed by atoms with E-state index in [1.54, 1.807) is 35.0 Å². The van der Waals surface area contributed by atoms with Crippen LogP contribution in [0.1, 0.15) is 11.1 Å². The number of amides is 1. The summed E-state index contributed by atoms with van der Waals surface area (Å²) in [6.45, 7) is 0.170. The molecule has 1 amide bonds. The van der Waals surface area contributed by atoms with Crippen LogP contribution in [0.5, 0.6) is 11.5 Å². The number of carboxylic acids is 1. The number of carboxylic acid groups (broad SMARTS) is 1. The average molecular weight is 403 g/mol. The Morgan fingerprint density at radius 3 is 2.80 bits per heavy atom. The topological polar surface area (TPSA) is 114 Å². The highest BCUT2D eigenvalue weighted by Gasteiger charge is 2.15. The molecule has 0 unspecified atom stereocenters. The van der Waals surface area contributed by atoms with Gasteiger partial charge in [0.25, 0.3) is 5.91 Å². The number of fused-ring (bicyclic) bond motifs is 2. The van der Waals surface area contributed by atoms with E-state index in [-0.39, 0.29) is 25.5 Å². The molecule has 8 nitrogen and oxygen atoms in total. The van der Waals surface area contributed by atoms with Gasteiger partial charge in [0.1, 0.15) is 18.2 Å². The van der Waals surface area contributed by atoms with Crippen molar-refractivity contribution in [2.24, 2.45) is 0 Å². The van der Waals surface area contributed by atoms with E-state index < -0.39 is 11.9 Å². The van der Waals surface area contributed by atoms with E-state index in [2.05, 4.69) is 5.32 Å². The van der Waals surface area contributed by atoms with Crippen LogP contribution in [0, 0.1) is 11.3 Å². The van der Waals surface area contributed by atoms with Crippen molar-refractivity contribution in [3.8, 4) is 17.6 Å². The third kappa shape index (κ3) is 3.82. The van der Waals surface area contributed by atoms with Gasteiger partial charge in [-0.2, -0.15) is 5.26 Å². The zero-order valence-electron chi connectivity index (χ0n) is 15.8. The van der Waals surface area contributed by atoms with Gasteiger partial charge in [-0.05, 0) is 29.8 Å². The lowest BCUT2D eigenvalue weighted by molar-refractivity contribution is -0.137. The quantitative estimate of drug-likeness (QED) is 0.483. The van der Waals surface area contributed by atoms with Crippen molar-refractivity contribution in [1.29, 1.82) is 5.26 Å². The highest BCUT2D eigenvalue weighted by molar-refractivity contribution is 6.04. The third-order valence-corrected chi connectivity index (χ3v) is 4.68. The van der Waals surface area contributed by atoms with Gasteiger partial charge in [-0.3, -0.25) is 9.59 Å². The highest BCUT2D eigenvalue weighted by Crippen LogP contribution is 2.32. The summed E-state index contributed by atoms with van der Waals surface area (Å²) in [6.07, 6.45) is 3.09. The van der Waals surface area contributed by atoms with Gasteiger partial charge >= 0.3 is 5.97 Å². The van der Waals surface area contributed by atoms with Crippen molar-refractivity contribution in [3.05, 3.63) is 65.4 Å². The van der Waals surface area contributed by atoms with Crippen molar-refractivity contribution in [3.63, 3.8) is 0 Å². The summed E-state index contributed by atoms with van der Waals surface area (Å²) in [5, 5.41) is 22.1. The Kier molecular flexibility index (Phi) is 5.09. The minimum absolute atomic E-state index is 0.0750. The lowest BCUT2D eigenvalue weighted by Gasteiger charge is -2.05. The van der Waals surface area contributed by atoms with Crippen LogP contribution in [0.2, 0.25) is 0 Å². The van der Waals surface area contributed by atoms with Crippen molar-refractivity contribution in [2.75, 3.05) is 6.79 Å². The predicted octanol–water partition coefficient (Wildman–Crippen LogP) is 2.68. The van der Waals surface area contributed by atoms with Crippen LogP contribution in [0.15, 0.2) is 54.2 Å². The number of ether oxygens (including phenoxy) is 2. The molecule has 0 atom stereocenters. The van der Waals surface area contributed by atoms with E-state index in [0.29, 0.717) is 22.6 Å². The summed E-state index contributed by atoms with van der Waals surface area (Å²) in [5.41, 5.74) is 2.04. The number of nitrogens with one attached hydrogen (secondary N) is 1. The monoisotopic (exact) mass is 403 g/mol. The van der Waals surface area contributed by atoms with Gasteiger partial charge in [0.2, 0.25) is 6.79 Å². The first kappa shape index (κ1) is 19.1. The zero-order valence-corrected chi connectivity index (χ0v) is 15.8. The first-order chi connectivity index (χ1) is 14.5. The molecular weight excluding hydrogens is 386 g/mol. The number of nitrogens with zero attached hydrogens (tertiary/aromatic N) is 2. The van der Waals surface area contributed by atoms with Crippen molar-refractivity contribution >= 4 is 28.9 Å². The van der Waals surface area contributed by atoms with E-state index in [4.69, 9.17) is 14.6 Å². The van der Waals surface area contributed by atoms with Crippen LogP contribution in [0.4, 0.5) is 0 Å². The Hall–Kier alpha value is -4.25. The lowest BCUT2D eigenvalue weighted by Crippen LogP contribution is -2.23. The van der Waals surface area contributed by atoms with Crippen molar-refractivity contribution in [1.82, 2.24) is 9.88 Å². The number of hydrogen-bond donors (Lipinski definition) is 2. The third-order valence-electron chi connectivity index (χ3n) is 4.68. The molecule has 1 aromatic heterocycles. The maximum Gasteiger partial charge on any atom is 0.323 e. The summed E-state index contributed by atoms with van der Waals surface area (Å²) in [4.78, 5) is 23.7. The number of nitriles is 1. The van der Waals surface area contributed by atoms with Crippen LogP contribution in [0.3, 0.4) is 0 Å². The Morgan fingerprint density at radius 2 is 2.00 bits per heavy atom. The van der Waals surface area contributed by atoms with Crippen molar-refractivity contribution < 1.29 is 24.2 Å². The van der Waals surface area contributed by atoms with Gasteiger partial charge in [0.15, 0.2) is 11.5 Å². The second kappa shape index (κ2) is 8.01. The normalized spacial score (nSPS) is 12.6. The second-order valence-corrected chi connectivity index (χ2v) is 6.66. The number of para-hydroxylation sites is 1. The molecule has 0 fully saturated rings. The molecule has 0 aliphatic carbocycles. The summed E-state index contributed by atoms with van der Waals surface area (Å²) in [6, 6.07) is 14.5. The Balaban J connectivity index is 1.55. The summed E-state index contributed by atoms with van der Waals surface area (Å²) >= 11 is 0. The average Bonchev–Trinajstić information content (AvgIpc) is 3.34. The second-order valence-electron chi connectivity index (χ2n) is 6.66. The Morgan fingerprint density at radius 1 is 1.20 bits per heavy atom. The van der Waals surface area contributed by atoms with Crippen LogP contribution < -0.4 is 14.8 Å². The number of carbonyl (C=O) groups is 2. The number of aromatic nitrogens is 1. The van der Waals surface area contributed by atoms with E-state index in [1.165, 1.54) is 6.08 Å². The van der Waals surface area contributed by atoms with Gasteiger partial charge in [0, 0.05) is 29.2 Å². The SMILES string of the molecule is N#C/C(=C\c1cn(CC(=O)O)c2ccccc12)C(=O)NCc1ccc2c(c1)OCO2. The number of hydrogen-bond acceptors (Lipinski definition) is 5. The maximum absolute atomic E-state index is 12.5. The number of aliphatic carboxylic acids is 1. The Labute approximate surface area is 171 Å². The van der Waals surface area contributed by atoms with E-state index in [0.717, 1.165) is 10.9 Å². The number of carbonyl (C=O) groups excluding carboxylic acids is 1. The molecule has 150 valence electrons. The fraction of sp³-hybridized carbons (Fsp3) is 0.136. The minimum Gasteiger partial charge on any atom is -0.480 e. The fourth-order valence-electron chi connectivity index (χ4n) is 3.30. The van der Waals surface area contributed by atoms with Gasteiger partial charge in [-0.1, -0.05) is 24.3 Å². The molecule has 8 heteroatoms. The molecule has 0 saturated carbocycles. The molecule has 0 radical (unpaired) electrons. The van der Waals surface area contributed by atoms with Crippen LogP contribution >= 0.6 is 0 Å². The molecule has 1 aliphatic heterocycles. The number of rotatable bonds is 6. The first-order valence-electron chi connectivity index (χ1n) is 9.13.